The summed E-state index contributed by atoms with van der Waals surface area (Å²) in [5.74, 6) is 1.86. The van der Waals surface area contributed by atoms with E-state index in [0.29, 0.717) is 23.0 Å². The number of fused-ring (bicyclic) bond motifs is 3. The van der Waals surface area contributed by atoms with Crippen molar-refractivity contribution in [1.29, 1.82) is 0 Å². The fourth-order valence-corrected chi connectivity index (χ4v) is 5.42. The van der Waals surface area contributed by atoms with Crippen molar-refractivity contribution in [3.8, 4) is 5.75 Å². The van der Waals surface area contributed by atoms with Crippen LogP contribution in [0, 0.1) is 0 Å². The van der Waals surface area contributed by atoms with Crippen LogP contribution in [0.4, 0.5) is 5.69 Å². The molecule has 8 heteroatoms. The number of carbonyl (C=O) groups excluding carboxylic acids is 1. The fraction of sp³-hybridized carbons (Fsp3) is 0.350. The van der Waals surface area contributed by atoms with Gasteiger partial charge in [0.25, 0.3) is 5.56 Å². The third-order valence-electron chi connectivity index (χ3n) is 4.73. The van der Waals surface area contributed by atoms with Crippen LogP contribution in [0.5, 0.6) is 5.75 Å². The average Bonchev–Trinajstić information content (AvgIpc) is 3.07. The van der Waals surface area contributed by atoms with Crippen LogP contribution in [0.1, 0.15) is 29.1 Å². The van der Waals surface area contributed by atoms with Gasteiger partial charge in [0.2, 0.25) is 5.91 Å². The van der Waals surface area contributed by atoms with Crippen molar-refractivity contribution >= 4 is 44.9 Å². The number of aromatic nitrogens is 2. The maximum Gasteiger partial charge on any atom is 0.259 e. The molecule has 1 aliphatic rings. The van der Waals surface area contributed by atoms with Gasteiger partial charge >= 0.3 is 0 Å². The number of benzene rings is 1. The Morgan fingerprint density at radius 3 is 3.00 bits per heavy atom. The van der Waals surface area contributed by atoms with Gasteiger partial charge < -0.3 is 15.0 Å². The predicted octanol–water partition coefficient (Wildman–Crippen LogP) is 3.74. The van der Waals surface area contributed by atoms with Gasteiger partial charge in [0.15, 0.2) is 0 Å². The van der Waals surface area contributed by atoms with Crippen LogP contribution in [-0.2, 0) is 23.4 Å². The number of ether oxygens (including phenoxy) is 1. The Labute approximate surface area is 170 Å². The van der Waals surface area contributed by atoms with Crippen LogP contribution in [0.3, 0.4) is 0 Å². The molecule has 3 aromatic rings. The van der Waals surface area contributed by atoms with Crippen molar-refractivity contribution in [2.45, 2.75) is 31.4 Å². The predicted molar refractivity (Wildman–Crippen MR) is 115 cm³/mol. The Kier molecular flexibility index (Phi) is 5.68. The van der Waals surface area contributed by atoms with E-state index in [1.54, 1.807) is 30.6 Å². The number of para-hydroxylation sites is 2. The summed E-state index contributed by atoms with van der Waals surface area (Å²) < 4.78 is 5.24. The van der Waals surface area contributed by atoms with Gasteiger partial charge in [-0.15, -0.1) is 23.1 Å². The third-order valence-corrected chi connectivity index (χ3v) is 6.86. The molecule has 1 amide bonds. The average molecular weight is 416 g/mol. The van der Waals surface area contributed by atoms with Gasteiger partial charge in [0.1, 0.15) is 16.4 Å². The topological polar surface area (TPSA) is 84.1 Å². The van der Waals surface area contributed by atoms with Crippen molar-refractivity contribution in [2.75, 3.05) is 18.2 Å². The van der Waals surface area contributed by atoms with Gasteiger partial charge in [0.05, 0.1) is 29.7 Å². The summed E-state index contributed by atoms with van der Waals surface area (Å²) >= 11 is 3.06. The van der Waals surface area contributed by atoms with Crippen LogP contribution < -0.4 is 15.6 Å². The number of amides is 1. The number of H-pyrrole nitrogens is 1. The first kappa shape index (κ1) is 19.0. The van der Waals surface area contributed by atoms with E-state index in [0.717, 1.165) is 29.5 Å². The number of hydrogen-bond donors (Lipinski definition) is 2. The maximum absolute atomic E-state index is 12.6. The summed E-state index contributed by atoms with van der Waals surface area (Å²) in [6.45, 7) is 0. The summed E-state index contributed by atoms with van der Waals surface area (Å²) in [5.41, 5.74) is 1.78. The summed E-state index contributed by atoms with van der Waals surface area (Å²) in [6, 6.07) is 7.29. The van der Waals surface area contributed by atoms with Gasteiger partial charge in [-0.1, -0.05) is 12.1 Å². The van der Waals surface area contributed by atoms with E-state index < -0.39 is 0 Å². The Bertz CT molecular complexity index is 1070. The van der Waals surface area contributed by atoms with Gasteiger partial charge in [-0.05, 0) is 43.4 Å². The molecule has 6 nitrogen and oxygen atoms in total. The molecule has 146 valence electrons. The van der Waals surface area contributed by atoms with Crippen LogP contribution in [0.25, 0.3) is 10.2 Å². The van der Waals surface area contributed by atoms with E-state index in [2.05, 4.69) is 15.3 Å². The number of hydrogen-bond acceptors (Lipinski definition) is 6. The largest absolute Gasteiger partial charge is 0.495 e. The minimum absolute atomic E-state index is 0.0570. The number of aryl methyl sites for hydroxylation is 2. The van der Waals surface area contributed by atoms with Gasteiger partial charge in [-0.25, -0.2) is 4.98 Å². The number of anilines is 1. The smallest absolute Gasteiger partial charge is 0.259 e. The Balaban J connectivity index is 1.40. The molecule has 2 N–H and O–H groups in total. The lowest BCUT2D eigenvalue weighted by molar-refractivity contribution is -0.113. The molecule has 0 aliphatic heterocycles. The normalized spacial score (nSPS) is 13.3. The zero-order chi connectivity index (χ0) is 19.5. The van der Waals surface area contributed by atoms with Crippen molar-refractivity contribution in [1.82, 2.24) is 9.97 Å². The lowest BCUT2D eigenvalue weighted by atomic mass is 9.97. The molecule has 1 aliphatic carbocycles. The Morgan fingerprint density at radius 1 is 1.32 bits per heavy atom. The highest BCUT2D eigenvalue weighted by molar-refractivity contribution is 7.99. The second kappa shape index (κ2) is 8.36. The first-order valence-electron chi connectivity index (χ1n) is 9.19. The molecule has 28 heavy (non-hydrogen) atoms. The first-order valence-corrected chi connectivity index (χ1v) is 11.2. The lowest BCUT2D eigenvalue weighted by Crippen LogP contribution is -2.16. The highest BCUT2D eigenvalue weighted by Gasteiger charge is 2.19. The minimum atomic E-state index is -0.121. The zero-order valence-corrected chi connectivity index (χ0v) is 17.2. The van der Waals surface area contributed by atoms with E-state index in [9.17, 15) is 9.59 Å². The fourth-order valence-electron chi connectivity index (χ4n) is 3.45. The van der Waals surface area contributed by atoms with Crippen LogP contribution in [0.15, 0.2) is 29.1 Å². The number of rotatable bonds is 6. The summed E-state index contributed by atoms with van der Waals surface area (Å²) in [7, 11) is 1.57. The van der Waals surface area contributed by atoms with Crippen molar-refractivity contribution < 1.29 is 9.53 Å². The van der Waals surface area contributed by atoms with Crippen molar-refractivity contribution in [2.24, 2.45) is 0 Å². The van der Waals surface area contributed by atoms with Crippen LogP contribution in [-0.4, -0.2) is 28.7 Å². The standard InChI is InChI=1S/C20H21N3O3S2/c1-26-14-8-4-3-7-13(14)21-17(24)11-27-10-16-22-19(25)18-12-6-2-5-9-15(12)28-20(18)23-16/h3-4,7-8H,2,5-6,9-11H2,1H3,(H,21,24)(H,22,23,25). The molecule has 2 aromatic heterocycles. The molecule has 4 rings (SSSR count). The van der Waals surface area contributed by atoms with E-state index in [-0.39, 0.29) is 17.2 Å². The molecular formula is C20H21N3O3S2. The summed E-state index contributed by atoms with van der Waals surface area (Å²) in [4.78, 5) is 34.4. The molecule has 0 unspecified atom stereocenters. The monoisotopic (exact) mass is 415 g/mol. The van der Waals surface area contributed by atoms with Crippen molar-refractivity contribution in [3.63, 3.8) is 0 Å². The number of nitrogens with zero attached hydrogens (tertiary/aromatic N) is 1. The van der Waals surface area contributed by atoms with Gasteiger partial charge in [-0.2, -0.15) is 0 Å². The minimum Gasteiger partial charge on any atom is -0.495 e. The zero-order valence-electron chi connectivity index (χ0n) is 15.5. The number of thioether (sulfide) groups is 1. The quantitative estimate of drug-likeness (QED) is 0.641. The number of carbonyl (C=O) groups is 1. The summed E-state index contributed by atoms with van der Waals surface area (Å²) in [5, 5.41) is 3.61. The molecule has 0 saturated heterocycles. The third kappa shape index (κ3) is 3.93. The SMILES string of the molecule is COc1ccccc1NC(=O)CSCc1nc2sc3c(c2c(=O)[nH]1)CCCC3. The first-order chi connectivity index (χ1) is 13.7. The van der Waals surface area contributed by atoms with Crippen molar-refractivity contribution in [3.05, 3.63) is 50.9 Å². The maximum atomic E-state index is 12.6. The molecule has 0 bridgehead atoms. The lowest BCUT2D eigenvalue weighted by Gasteiger charge is -2.10. The molecule has 2 heterocycles. The Morgan fingerprint density at radius 2 is 2.14 bits per heavy atom. The molecule has 0 atom stereocenters. The highest BCUT2D eigenvalue weighted by Crippen LogP contribution is 2.33. The van der Waals surface area contributed by atoms with E-state index in [4.69, 9.17) is 4.74 Å². The van der Waals surface area contributed by atoms with Crippen LogP contribution >= 0.6 is 23.1 Å². The Hall–Kier alpha value is -2.32. The number of thiophene rings is 1. The van der Waals surface area contributed by atoms with Crippen LogP contribution in [0.2, 0.25) is 0 Å². The number of methoxy groups -OCH3 is 1. The van der Waals surface area contributed by atoms with E-state index in [1.807, 2.05) is 12.1 Å². The van der Waals surface area contributed by atoms with Gasteiger partial charge in [0, 0.05) is 4.88 Å². The number of nitrogens with one attached hydrogen (secondary N) is 2. The molecular weight excluding hydrogens is 394 g/mol. The molecule has 0 saturated carbocycles. The molecule has 0 fully saturated rings. The number of aromatic amines is 1. The molecule has 0 radical (unpaired) electrons. The van der Waals surface area contributed by atoms with E-state index >= 15 is 0 Å². The summed E-state index contributed by atoms with van der Waals surface area (Å²) in [6.07, 6.45) is 4.33. The van der Waals surface area contributed by atoms with E-state index in [1.165, 1.54) is 28.6 Å². The highest BCUT2D eigenvalue weighted by atomic mass is 32.2. The second-order valence-electron chi connectivity index (χ2n) is 6.64. The molecule has 1 aromatic carbocycles. The second-order valence-corrected chi connectivity index (χ2v) is 8.71. The molecule has 0 spiro atoms. The van der Waals surface area contributed by atoms with Gasteiger partial charge in [-0.3, -0.25) is 9.59 Å².